The van der Waals surface area contributed by atoms with Crippen LogP contribution in [0.2, 0.25) is 5.02 Å². The molecule has 0 aliphatic carbocycles. The quantitative estimate of drug-likeness (QED) is 0.848. The molecule has 2 unspecified atom stereocenters. The van der Waals surface area contributed by atoms with E-state index in [0.29, 0.717) is 10.6 Å². The lowest BCUT2D eigenvalue weighted by molar-refractivity contribution is 0.0916. The van der Waals surface area contributed by atoms with Crippen molar-refractivity contribution in [3.8, 4) is 0 Å². The van der Waals surface area contributed by atoms with Gasteiger partial charge in [0.15, 0.2) is 0 Å². The number of aliphatic hydroxyl groups excluding tert-OH is 1. The van der Waals surface area contributed by atoms with E-state index in [1.54, 1.807) is 24.3 Å². The van der Waals surface area contributed by atoms with E-state index in [9.17, 15) is 4.79 Å². The summed E-state index contributed by atoms with van der Waals surface area (Å²) < 4.78 is 0. The van der Waals surface area contributed by atoms with Crippen LogP contribution in [0.5, 0.6) is 0 Å². The van der Waals surface area contributed by atoms with Gasteiger partial charge in [-0.15, -0.1) is 0 Å². The van der Waals surface area contributed by atoms with Crippen LogP contribution in [0.3, 0.4) is 0 Å². The van der Waals surface area contributed by atoms with E-state index in [-0.39, 0.29) is 24.5 Å². The summed E-state index contributed by atoms with van der Waals surface area (Å²) in [7, 11) is 0. The van der Waals surface area contributed by atoms with Crippen molar-refractivity contribution in [2.24, 2.45) is 5.92 Å². The second kappa shape index (κ2) is 5.87. The van der Waals surface area contributed by atoms with Crippen molar-refractivity contribution in [3.05, 3.63) is 34.9 Å². The number of hydrogen-bond acceptors (Lipinski definition) is 2. The van der Waals surface area contributed by atoms with Crippen LogP contribution in [0.25, 0.3) is 0 Å². The molecule has 1 amide bonds. The minimum atomic E-state index is -0.149. The van der Waals surface area contributed by atoms with Gasteiger partial charge >= 0.3 is 0 Å². The Morgan fingerprint density at radius 2 is 1.94 bits per heavy atom. The molecule has 0 aliphatic rings. The number of aliphatic hydroxyl groups is 1. The zero-order valence-electron chi connectivity index (χ0n) is 9.40. The van der Waals surface area contributed by atoms with Crippen molar-refractivity contribution in [1.82, 2.24) is 5.32 Å². The average Bonchev–Trinajstić information content (AvgIpc) is 2.28. The van der Waals surface area contributed by atoms with Crippen LogP contribution in [0.15, 0.2) is 24.3 Å². The van der Waals surface area contributed by atoms with E-state index in [0.717, 1.165) is 0 Å². The minimum Gasteiger partial charge on any atom is -0.396 e. The Morgan fingerprint density at radius 1 is 1.38 bits per heavy atom. The Kier molecular flexibility index (Phi) is 4.77. The van der Waals surface area contributed by atoms with Gasteiger partial charge in [0.1, 0.15) is 0 Å². The standard InChI is InChI=1S/C12H16ClNO2/c1-8(7-15)9(2)14-12(16)10-3-5-11(13)6-4-10/h3-6,8-9,15H,7H2,1-2H3,(H,14,16). The summed E-state index contributed by atoms with van der Waals surface area (Å²) >= 11 is 5.73. The maximum atomic E-state index is 11.8. The van der Waals surface area contributed by atoms with Crippen molar-refractivity contribution < 1.29 is 9.90 Å². The normalized spacial score (nSPS) is 14.2. The van der Waals surface area contributed by atoms with E-state index < -0.39 is 0 Å². The monoisotopic (exact) mass is 241 g/mol. The Balaban J connectivity index is 2.62. The highest BCUT2D eigenvalue weighted by Crippen LogP contribution is 2.10. The molecule has 4 heteroatoms. The van der Waals surface area contributed by atoms with Crippen LogP contribution in [-0.4, -0.2) is 23.7 Å². The van der Waals surface area contributed by atoms with E-state index in [2.05, 4.69) is 5.32 Å². The number of carbonyl (C=O) groups is 1. The van der Waals surface area contributed by atoms with Crippen LogP contribution in [0, 0.1) is 5.92 Å². The lowest BCUT2D eigenvalue weighted by Crippen LogP contribution is -2.38. The summed E-state index contributed by atoms with van der Waals surface area (Å²) in [5.41, 5.74) is 0.571. The molecule has 16 heavy (non-hydrogen) atoms. The lowest BCUT2D eigenvalue weighted by Gasteiger charge is -2.19. The smallest absolute Gasteiger partial charge is 0.251 e. The van der Waals surface area contributed by atoms with Crippen molar-refractivity contribution >= 4 is 17.5 Å². The molecule has 0 aliphatic heterocycles. The average molecular weight is 242 g/mol. The highest BCUT2D eigenvalue weighted by Gasteiger charge is 2.14. The van der Waals surface area contributed by atoms with E-state index in [1.807, 2.05) is 13.8 Å². The van der Waals surface area contributed by atoms with Gasteiger partial charge in [-0.1, -0.05) is 18.5 Å². The number of nitrogens with one attached hydrogen (secondary N) is 1. The number of amides is 1. The first kappa shape index (κ1) is 13.0. The number of carbonyl (C=O) groups excluding carboxylic acids is 1. The van der Waals surface area contributed by atoms with Gasteiger partial charge in [-0.3, -0.25) is 4.79 Å². The second-order valence-electron chi connectivity index (χ2n) is 3.93. The lowest BCUT2D eigenvalue weighted by atomic mass is 10.0. The fourth-order valence-electron chi connectivity index (χ4n) is 1.19. The van der Waals surface area contributed by atoms with Crippen molar-refractivity contribution in [2.75, 3.05) is 6.61 Å². The van der Waals surface area contributed by atoms with Crippen LogP contribution < -0.4 is 5.32 Å². The van der Waals surface area contributed by atoms with Gasteiger partial charge in [-0.2, -0.15) is 0 Å². The topological polar surface area (TPSA) is 49.3 Å². The van der Waals surface area contributed by atoms with E-state index >= 15 is 0 Å². The van der Waals surface area contributed by atoms with Gasteiger partial charge in [0.2, 0.25) is 0 Å². The molecule has 0 heterocycles. The zero-order valence-corrected chi connectivity index (χ0v) is 10.2. The molecule has 0 radical (unpaired) electrons. The molecule has 1 rings (SSSR count). The number of halogens is 1. The highest BCUT2D eigenvalue weighted by atomic mass is 35.5. The fourth-order valence-corrected chi connectivity index (χ4v) is 1.32. The Labute approximate surface area is 100 Å². The maximum Gasteiger partial charge on any atom is 0.251 e. The van der Waals surface area contributed by atoms with Crippen molar-refractivity contribution in [3.63, 3.8) is 0 Å². The molecule has 0 bridgehead atoms. The van der Waals surface area contributed by atoms with Crippen molar-refractivity contribution in [1.29, 1.82) is 0 Å². The van der Waals surface area contributed by atoms with E-state index in [4.69, 9.17) is 16.7 Å². The van der Waals surface area contributed by atoms with Gasteiger partial charge in [0, 0.05) is 23.2 Å². The maximum absolute atomic E-state index is 11.8. The van der Waals surface area contributed by atoms with E-state index in [1.165, 1.54) is 0 Å². The van der Waals surface area contributed by atoms with Crippen LogP contribution >= 0.6 is 11.6 Å². The summed E-state index contributed by atoms with van der Waals surface area (Å²) in [4.78, 5) is 11.8. The molecule has 2 N–H and O–H groups in total. The summed E-state index contributed by atoms with van der Waals surface area (Å²) in [6.07, 6.45) is 0. The molecule has 88 valence electrons. The molecule has 0 spiro atoms. The van der Waals surface area contributed by atoms with Crippen LogP contribution in [-0.2, 0) is 0 Å². The van der Waals surface area contributed by atoms with Gasteiger partial charge in [-0.25, -0.2) is 0 Å². The number of rotatable bonds is 4. The molecule has 1 aromatic rings. The Bertz CT molecular complexity index is 351. The summed E-state index contributed by atoms with van der Waals surface area (Å²) in [5, 5.41) is 12.4. The van der Waals surface area contributed by atoms with Gasteiger partial charge < -0.3 is 10.4 Å². The molecule has 0 fully saturated rings. The highest BCUT2D eigenvalue weighted by molar-refractivity contribution is 6.30. The molecule has 0 aromatic heterocycles. The SMILES string of the molecule is CC(CO)C(C)NC(=O)c1ccc(Cl)cc1. The van der Waals surface area contributed by atoms with Gasteiger partial charge in [-0.05, 0) is 37.1 Å². The van der Waals surface area contributed by atoms with Gasteiger partial charge in [0.25, 0.3) is 5.91 Å². The summed E-state index contributed by atoms with van der Waals surface area (Å²) in [6, 6.07) is 6.64. The summed E-state index contributed by atoms with van der Waals surface area (Å²) in [6.45, 7) is 3.81. The first-order valence-corrected chi connectivity index (χ1v) is 5.59. The van der Waals surface area contributed by atoms with Crippen molar-refractivity contribution in [2.45, 2.75) is 19.9 Å². The molecule has 3 nitrogen and oxygen atoms in total. The Morgan fingerprint density at radius 3 is 2.44 bits per heavy atom. The number of benzene rings is 1. The fraction of sp³-hybridized carbons (Fsp3) is 0.417. The molecule has 0 saturated carbocycles. The van der Waals surface area contributed by atoms with Gasteiger partial charge in [0.05, 0.1) is 0 Å². The molecular formula is C12H16ClNO2. The molecule has 1 aromatic carbocycles. The number of hydrogen-bond donors (Lipinski definition) is 2. The third kappa shape index (κ3) is 3.51. The minimum absolute atomic E-state index is 0.0382. The first-order chi connectivity index (χ1) is 7.54. The largest absolute Gasteiger partial charge is 0.396 e. The zero-order chi connectivity index (χ0) is 12.1. The third-order valence-corrected chi connectivity index (χ3v) is 2.86. The molecular weight excluding hydrogens is 226 g/mol. The molecule has 2 atom stereocenters. The summed E-state index contributed by atoms with van der Waals surface area (Å²) in [5.74, 6) is -0.110. The first-order valence-electron chi connectivity index (χ1n) is 5.22. The molecule has 0 saturated heterocycles. The second-order valence-corrected chi connectivity index (χ2v) is 4.37. The van der Waals surface area contributed by atoms with Crippen LogP contribution in [0.4, 0.5) is 0 Å². The van der Waals surface area contributed by atoms with Crippen LogP contribution in [0.1, 0.15) is 24.2 Å². The Hall–Kier alpha value is -1.06. The third-order valence-electron chi connectivity index (χ3n) is 2.61. The predicted molar refractivity (Wildman–Crippen MR) is 64.6 cm³/mol. The predicted octanol–water partition coefficient (Wildman–Crippen LogP) is 2.09.